The number of fused-ring (bicyclic) bond motifs is 7. The number of likely N-dealkylation sites (N-methyl/N-ethyl adjacent to an activating group) is 1. The molecule has 4 fully saturated rings. The summed E-state index contributed by atoms with van der Waals surface area (Å²) in [5.74, 6) is -0.999. The van der Waals surface area contributed by atoms with Gasteiger partial charge in [-0.1, -0.05) is 54.0 Å². The number of carboxylic acid groups (broad SMARTS) is 1. The van der Waals surface area contributed by atoms with Gasteiger partial charge in [-0.3, -0.25) is 24.2 Å². The molecular formula is C44H64N2O7. The minimum absolute atomic E-state index is 0.0149. The molecule has 0 radical (unpaired) electrons. The fourth-order valence-corrected chi connectivity index (χ4v) is 13.1. The van der Waals surface area contributed by atoms with Crippen LogP contribution in [0.2, 0.25) is 0 Å². The van der Waals surface area contributed by atoms with Gasteiger partial charge in [0.1, 0.15) is 6.10 Å². The van der Waals surface area contributed by atoms with E-state index >= 15 is 0 Å². The van der Waals surface area contributed by atoms with Crippen molar-refractivity contribution in [1.29, 1.82) is 0 Å². The summed E-state index contributed by atoms with van der Waals surface area (Å²) in [6.07, 6.45) is 9.55. The lowest BCUT2D eigenvalue weighted by atomic mass is 9.33. The van der Waals surface area contributed by atoms with Gasteiger partial charge in [0, 0.05) is 31.4 Å². The Hall–Kier alpha value is -3.07. The molecule has 1 heterocycles. The number of pyridine rings is 1. The number of aliphatic hydroxyl groups excluding tert-OH is 1. The van der Waals surface area contributed by atoms with Crippen molar-refractivity contribution in [3.8, 4) is 0 Å². The number of Topliss-reactive ketones (excluding diaryl/α,β-unsaturated/α-hetero) is 1. The molecule has 6 rings (SSSR count). The van der Waals surface area contributed by atoms with E-state index in [0.29, 0.717) is 17.4 Å². The first-order chi connectivity index (χ1) is 24.6. The topological polar surface area (TPSA) is 134 Å². The highest BCUT2D eigenvalue weighted by Crippen LogP contribution is 2.75. The minimum atomic E-state index is -1.17. The van der Waals surface area contributed by atoms with Gasteiger partial charge in [0.25, 0.3) is 5.91 Å². The molecule has 0 aliphatic heterocycles. The summed E-state index contributed by atoms with van der Waals surface area (Å²) in [7, 11) is 1.69. The van der Waals surface area contributed by atoms with Crippen LogP contribution in [0.4, 0.5) is 0 Å². The van der Waals surface area contributed by atoms with Gasteiger partial charge in [0.05, 0.1) is 29.4 Å². The zero-order valence-electron chi connectivity index (χ0n) is 33.8. The second kappa shape index (κ2) is 13.6. The van der Waals surface area contributed by atoms with Gasteiger partial charge >= 0.3 is 11.9 Å². The van der Waals surface area contributed by atoms with Crippen LogP contribution < -0.4 is 0 Å². The van der Waals surface area contributed by atoms with Crippen LogP contribution in [-0.4, -0.2) is 69.5 Å². The number of hydrogen-bond acceptors (Lipinski definition) is 7. The zero-order valence-corrected chi connectivity index (χ0v) is 33.8. The Labute approximate surface area is 316 Å². The molecule has 10 atom stereocenters. The number of rotatable bonds is 9. The summed E-state index contributed by atoms with van der Waals surface area (Å²) in [4.78, 5) is 58.0. The Kier molecular flexibility index (Phi) is 10.2. The number of allylic oxidation sites excluding steroid dienone is 2. The Balaban J connectivity index is 1.24. The standard InChI is InChI=1S/C44H64N2O7/c1-25(2)34-35-27(36(37(34)49)29(47)24-46(10)38(50)26-12-11-21-45-23-26)15-19-43(8)28(35)13-14-31-42(7)18-17-32(53-33(48)22-40(3,4)39(51)52)41(5,6)30(42)16-20-44(31,43)9/h11-12,21,23,25,27-32,36,47H,13-20,22,24H2,1-10H3,(H,51,52)/t27?,28-,29+,30-,31-,32+,36-,42+,43-,44-/m1/s1. The summed E-state index contributed by atoms with van der Waals surface area (Å²) in [6, 6.07) is 3.44. The molecule has 0 saturated heterocycles. The summed E-state index contributed by atoms with van der Waals surface area (Å²) < 4.78 is 6.15. The minimum Gasteiger partial charge on any atom is -0.481 e. The van der Waals surface area contributed by atoms with Crippen molar-refractivity contribution in [3.63, 3.8) is 0 Å². The van der Waals surface area contributed by atoms with Gasteiger partial charge in [-0.2, -0.15) is 0 Å². The van der Waals surface area contributed by atoms with Crippen molar-refractivity contribution in [2.45, 2.75) is 132 Å². The first-order valence-electron chi connectivity index (χ1n) is 20.2. The number of aromatic nitrogens is 1. The van der Waals surface area contributed by atoms with Crippen molar-refractivity contribution < 1.29 is 34.1 Å². The molecule has 5 aliphatic carbocycles. The Morgan fingerprint density at radius 3 is 2.28 bits per heavy atom. The first kappa shape index (κ1) is 39.6. The predicted octanol–water partition coefficient (Wildman–Crippen LogP) is 7.76. The highest BCUT2D eigenvalue weighted by Gasteiger charge is 2.69. The molecule has 1 aromatic heterocycles. The van der Waals surface area contributed by atoms with E-state index < -0.39 is 29.4 Å². The smallest absolute Gasteiger partial charge is 0.309 e. The molecule has 1 unspecified atom stereocenters. The number of nitrogens with zero attached hydrogens (tertiary/aromatic N) is 2. The van der Waals surface area contributed by atoms with E-state index in [0.717, 1.165) is 56.9 Å². The number of hydrogen-bond donors (Lipinski definition) is 2. The van der Waals surface area contributed by atoms with E-state index in [-0.39, 0.29) is 70.2 Å². The fourth-order valence-electron chi connectivity index (χ4n) is 13.1. The number of carboxylic acids is 1. The van der Waals surface area contributed by atoms with Gasteiger partial charge in [-0.25, -0.2) is 0 Å². The number of carbonyl (C=O) groups excluding carboxylic acids is 3. The molecule has 292 valence electrons. The second-order valence-corrected chi connectivity index (χ2v) is 19.9. The van der Waals surface area contributed by atoms with Gasteiger partial charge in [0.15, 0.2) is 5.78 Å². The molecule has 4 saturated carbocycles. The molecular weight excluding hydrogens is 668 g/mol. The second-order valence-electron chi connectivity index (χ2n) is 19.9. The fraction of sp³-hybridized carbons (Fsp3) is 0.750. The molecule has 9 nitrogen and oxygen atoms in total. The van der Waals surface area contributed by atoms with E-state index in [1.165, 1.54) is 16.7 Å². The average molecular weight is 733 g/mol. The molecule has 53 heavy (non-hydrogen) atoms. The van der Waals surface area contributed by atoms with Gasteiger partial charge in [-0.15, -0.1) is 0 Å². The van der Waals surface area contributed by atoms with Gasteiger partial charge in [-0.05, 0) is 129 Å². The van der Waals surface area contributed by atoms with Crippen LogP contribution in [0.3, 0.4) is 0 Å². The van der Waals surface area contributed by atoms with Gasteiger partial charge in [0.2, 0.25) is 0 Å². The van der Waals surface area contributed by atoms with Gasteiger partial charge < -0.3 is 19.8 Å². The number of ketones is 1. The van der Waals surface area contributed by atoms with E-state index in [1.54, 1.807) is 39.2 Å². The number of aliphatic carboxylic acids is 1. The molecule has 0 spiro atoms. The lowest BCUT2D eigenvalue weighted by molar-refractivity contribution is -0.232. The van der Waals surface area contributed by atoms with Crippen LogP contribution in [0.25, 0.3) is 0 Å². The summed E-state index contributed by atoms with van der Waals surface area (Å²) in [5.41, 5.74) is 1.33. The highest BCUT2D eigenvalue weighted by atomic mass is 16.5. The summed E-state index contributed by atoms with van der Waals surface area (Å²) >= 11 is 0. The summed E-state index contributed by atoms with van der Waals surface area (Å²) in [6.45, 7) is 19.5. The number of esters is 1. The van der Waals surface area contributed by atoms with E-state index in [4.69, 9.17) is 4.74 Å². The van der Waals surface area contributed by atoms with Crippen molar-refractivity contribution in [1.82, 2.24) is 9.88 Å². The first-order valence-corrected chi connectivity index (χ1v) is 20.2. The van der Waals surface area contributed by atoms with Crippen molar-refractivity contribution in [3.05, 3.63) is 41.2 Å². The van der Waals surface area contributed by atoms with Crippen LogP contribution in [0.15, 0.2) is 35.7 Å². The normalized spacial score (nSPS) is 36.9. The molecule has 0 aromatic carbocycles. The predicted molar refractivity (Wildman–Crippen MR) is 202 cm³/mol. The van der Waals surface area contributed by atoms with Crippen LogP contribution in [0, 0.1) is 62.6 Å². The molecule has 1 amide bonds. The SMILES string of the molecule is CC(C)C1=C2C(CC[C@]3(C)[C@@H]2CC[C@@H]2[C@@]4(C)CC[C@H](OC(=O)CC(C)(C)C(=O)O)C(C)(C)[C@H]4CC[C@]23C)[C@H]([C@@H](O)CN(C)C(=O)c2cccnc2)C1=O. The highest BCUT2D eigenvalue weighted by molar-refractivity contribution is 6.02. The monoisotopic (exact) mass is 732 g/mol. The number of aliphatic hydroxyl groups is 1. The number of ether oxygens (including phenoxy) is 1. The largest absolute Gasteiger partial charge is 0.481 e. The Morgan fingerprint density at radius 2 is 1.66 bits per heavy atom. The van der Waals surface area contributed by atoms with Crippen molar-refractivity contribution in [2.75, 3.05) is 13.6 Å². The molecule has 5 aliphatic rings. The Morgan fingerprint density at radius 1 is 0.981 bits per heavy atom. The molecule has 1 aromatic rings. The maximum Gasteiger partial charge on any atom is 0.309 e. The Bertz CT molecular complexity index is 1670. The van der Waals surface area contributed by atoms with Crippen LogP contribution >= 0.6 is 0 Å². The molecule has 9 heteroatoms. The molecule has 0 bridgehead atoms. The van der Waals surface area contributed by atoms with E-state index in [2.05, 4.69) is 53.5 Å². The lowest BCUT2D eigenvalue weighted by Crippen LogP contribution is -2.65. The maximum atomic E-state index is 14.4. The average Bonchev–Trinajstić information content (AvgIpc) is 3.38. The third-order valence-corrected chi connectivity index (χ3v) is 16.0. The zero-order chi connectivity index (χ0) is 39.1. The van der Waals surface area contributed by atoms with Crippen molar-refractivity contribution in [2.24, 2.45) is 62.6 Å². The third kappa shape index (κ3) is 6.19. The quantitative estimate of drug-likeness (QED) is 0.246. The van der Waals surface area contributed by atoms with Crippen LogP contribution in [0.1, 0.15) is 130 Å². The van der Waals surface area contributed by atoms with Crippen LogP contribution in [-0.2, 0) is 19.1 Å². The van der Waals surface area contributed by atoms with Crippen molar-refractivity contribution >= 4 is 23.6 Å². The van der Waals surface area contributed by atoms with E-state index in [9.17, 15) is 29.4 Å². The summed E-state index contributed by atoms with van der Waals surface area (Å²) in [5, 5.41) is 21.4. The third-order valence-electron chi connectivity index (χ3n) is 16.0. The lowest BCUT2D eigenvalue weighted by Gasteiger charge is -2.71. The maximum absolute atomic E-state index is 14.4. The van der Waals surface area contributed by atoms with Crippen LogP contribution in [0.5, 0.6) is 0 Å². The number of amides is 1. The molecule has 2 N–H and O–H groups in total. The van der Waals surface area contributed by atoms with E-state index in [1.807, 2.05) is 0 Å². The number of carbonyl (C=O) groups is 4.